The van der Waals surface area contributed by atoms with Crippen LogP contribution >= 0.6 is 11.3 Å². The van der Waals surface area contributed by atoms with Gasteiger partial charge in [-0.2, -0.15) is 5.26 Å². The summed E-state index contributed by atoms with van der Waals surface area (Å²) in [5.41, 5.74) is 0.547. The fourth-order valence-electron chi connectivity index (χ4n) is 1.59. The molecule has 0 aliphatic heterocycles. The van der Waals surface area contributed by atoms with Gasteiger partial charge in [0.2, 0.25) is 5.91 Å². The second-order valence-corrected chi connectivity index (χ2v) is 5.01. The molecule has 0 atom stereocenters. The molecule has 0 unspecified atom stereocenters. The molecule has 2 aromatic rings. The highest BCUT2D eigenvalue weighted by Crippen LogP contribution is 2.30. The van der Waals surface area contributed by atoms with Crippen LogP contribution in [0.25, 0.3) is 16.5 Å². The van der Waals surface area contributed by atoms with Crippen molar-refractivity contribution in [1.82, 2.24) is 5.32 Å². The minimum atomic E-state index is -0.326. The molecule has 1 amide bonds. The summed E-state index contributed by atoms with van der Waals surface area (Å²) in [5, 5.41) is 10.7. The number of carbonyl (C=O) groups is 1. The quantitative estimate of drug-likeness (QED) is 0.693. The Morgan fingerprint density at radius 1 is 1.35 bits per heavy atom. The van der Waals surface area contributed by atoms with E-state index >= 15 is 0 Å². The normalized spacial score (nSPS) is 10.4. The smallest absolute Gasteiger partial charge is 0.244 e. The maximum absolute atomic E-state index is 13.6. The Morgan fingerprint density at radius 2 is 2.15 bits per heavy atom. The minimum Gasteiger partial charge on any atom is -0.339 e. The molecule has 0 saturated heterocycles. The first kappa shape index (κ1) is 14.0. The second-order valence-electron chi connectivity index (χ2n) is 3.89. The summed E-state index contributed by atoms with van der Waals surface area (Å²) < 4.78 is 13.6. The van der Waals surface area contributed by atoms with Gasteiger partial charge in [-0.1, -0.05) is 18.2 Å². The van der Waals surface area contributed by atoms with Gasteiger partial charge in [0.25, 0.3) is 0 Å². The third-order valence-electron chi connectivity index (χ3n) is 2.51. The standard InChI is InChI=1S/C15H11FN2OS/c16-13-4-2-1-3-12(13)14-7-5-11(20-14)6-8-15(19)18-10-9-17/h1-8H,10H2,(H,18,19)/b8-6-. The Labute approximate surface area is 120 Å². The molecule has 0 aliphatic rings. The SMILES string of the molecule is N#CCNC(=O)/C=C\c1ccc(-c2ccccc2F)s1. The maximum Gasteiger partial charge on any atom is 0.244 e. The molecule has 0 spiro atoms. The first-order valence-electron chi connectivity index (χ1n) is 5.88. The zero-order chi connectivity index (χ0) is 14.4. The maximum atomic E-state index is 13.6. The van der Waals surface area contributed by atoms with Gasteiger partial charge < -0.3 is 5.32 Å². The predicted octanol–water partition coefficient (Wildman–Crippen LogP) is 3.21. The van der Waals surface area contributed by atoms with Crippen molar-refractivity contribution in [3.63, 3.8) is 0 Å². The molecule has 0 fully saturated rings. The molecular formula is C15H11FN2OS. The molecule has 0 aliphatic carbocycles. The summed E-state index contributed by atoms with van der Waals surface area (Å²) in [4.78, 5) is 13.0. The van der Waals surface area contributed by atoms with Gasteiger partial charge in [0.1, 0.15) is 12.4 Å². The van der Waals surface area contributed by atoms with E-state index in [2.05, 4.69) is 5.32 Å². The van der Waals surface area contributed by atoms with Crippen molar-refractivity contribution in [2.24, 2.45) is 0 Å². The van der Waals surface area contributed by atoms with E-state index in [1.807, 2.05) is 18.2 Å². The number of nitrogens with one attached hydrogen (secondary N) is 1. The summed E-state index contributed by atoms with van der Waals surface area (Å²) in [5.74, 6) is -0.593. The zero-order valence-corrected chi connectivity index (χ0v) is 11.3. The van der Waals surface area contributed by atoms with Gasteiger partial charge >= 0.3 is 0 Å². The number of rotatable bonds is 4. The highest BCUT2D eigenvalue weighted by molar-refractivity contribution is 7.16. The van der Waals surface area contributed by atoms with Gasteiger partial charge in [0.15, 0.2) is 0 Å². The van der Waals surface area contributed by atoms with Crippen LogP contribution in [0.2, 0.25) is 0 Å². The van der Waals surface area contributed by atoms with Crippen LogP contribution in [0.3, 0.4) is 0 Å². The van der Waals surface area contributed by atoms with Crippen LogP contribution in [0.5, 0.6) is 0 Å². The first-order chi connectivity index (χ1) is 9.70. The number of nitriles is 1. The van der Waals surface area contributed by atoms with E-state index in [4.69, 9.17) is 5.26 Å². The molecule has 100 valence electrons. The van der Waals surface area contributed by atoms with Crippen LogP contribution < -0.4 is 5.32 Å². The van der Waals surface area contributed by atoms with Crippen molar-refractivity contribution in [3.8, 4) is 16.5 Å². The van der Waals surface area contributed by atoms with Crippen molar-refractivity contribution >= 4 is 23.3 Å². The summed E-state index contributed by atoms with van der Waals surface area (Å²) in [6, 6.07) is 12.0. The van der Waals surface area contributed by atoms with E-state index in [1.54, 1.807) is 24.3 Å². The van der Waals surface area contributed by atoms with Crippen molar-refractivity contribution in [1.29, 1.82) is 5.26 Å². The lowest BCUT2D eigenvalue weighted by atomic mass is 10.2. The molecule has 20 heavy (non-hydrogen) atoms. The van der Waals surface area contributed by atoms with Crippen molar-refractivity contribution in [2.75, 3.05) is 6.54 Å². The van der Waals surface area contributed by atoms with Gasteiger partial charge in [0, 0.05) is 21.4 Å². The molecule has 1 aromatic heterocycles. The zero-order valence-electron chi connectivity index (χ0n) is 10.5. The van der Waals surface area contributed by atoms with Gasteiger partial charge in [-0.25, -0.2) is 4.39 Å². The Balaban J connectivity index is 2.10. The number of hydrogen-bond donors (Lipinski definition) is 1. The summed E-state index contributed by atoms with van der Waals surface area (Å²) >= 11 is 1.39. The van der Waals surface area contributed by atoms with E-state index in [9.17, 15) is 9.18 Å². The van der Waals surface area contributed by atoms with E-state index in [-0.39, 0.29) is 18.3 Å². The molecule has 3 nitrogen and oxygen atoms in total. The molecule has 0 radical (unpaired) electrons. The fraction of sp³-hybridized carbons (Fsp3) is 0.0667. The number of nitrogens with zero attached hydrogens (tertiary/aromatic N) is 1. The highest BCUT2D eigenvalue weighted by Gasteiger charge is 2.06. The highest BCUT2D eigenvalue weighted by atomic mass is 32.1. The summed E-state index contributed by atoms with van der Waals surface area (Å²) in [6.07, 6.45) is 3.00. The topological polar surface area (TPSA) is 52.9 Å². The Bertz CT molecular complexity index is 685. The van der Waals surface area contributed by atoms with Crippen LogP contribution in [-0.4, -0.2) is 12.5 Å². The Morgan fingerprint density at radius 3 is 2.90 bits per heavy atom. The third kappa shape index (κ3) is 3.53. The van der Waals surface area contributed by atoms with Crippen LogP contribution in [0, 0.1) is 17.1 Å². The summed E-state index contributed by atoms with van der Waals surface area (Å²) in [6.45, 7) is -0.0198. The monoisotopic (exact) mass is 286 g/mol. The lowest BCUT2D eigenvalue weighted by Crippen LogP contribution is -2.20. The molecule has 1 aromatic carbocycles. The van der Waals surface area contributed by atoms with E-state index in [1.165, 1.54) is 23.5 Å². The van der Waals surface area contributed by atoms with Gasteiger partial charge in [-0.05, 0) is 24.3 Å². The molecular weight excluding hydrogens is 275 g/mol. The van der Waals surface area contributed by atoms with Gasteiger partial charge in [-0.15, -0.1) is 11.3 Å². The van der Waals surface area contributed by atoms with E-state index in [0.717, 1.165) is 9.75 Å². The lowest BCUT2D eigenvalue weighted by molar-refractivity contribution is -0.116. The van der Waals surface area contributed by atoms with Crippen molar-refractivity contribution < 1.29 is 9.18 Å². The van der Waals surface area contributed by atoms with Crippen LogP contribution in [0.1, 0.15) is 4.88 Å². The van der Waals surface area contributed by atoms with Gasteiger partial charge in [0.05, 0.1) is 6.07 Å². The van der Waals surface area contributed by atoms with Crippen LogP contribution in [0.15, 0.2) is 42.5 Å². The number of amides is 1. The fourth-order valence-corrected chi connectivity index (χ4v) is 2.53. The number of hydrogen-bond acceptors (Lipinski definition) is 3. The molecule has 1 heterocycles. The Hall–Kier alpha value is -2.45. The number of thiophene rings is 1. The second kappa shape index (κ2) is 6.64. The van der Waals surface area contributed by atoms with Crippen molar-refractivity contribution in [3.05, 3.63) is 53.2 Å². The first-order valence-corrected chi connectivity index (χ1v) is 6.70. The summed E-state index contributed by atoms with van der Waals surface area (Å²) in [7, 11) is 0. The average Bonchev–Trinajstić information content (AvgIpc) is 2.92. The van der Waals surface area contributed by atoms with E-state index < -0.39 is 0 Å². The van der Waals surface area contributed by atoms with Crippen LogP contribution in [0.4, 0.5) is 4.39 Å². The minimum absolute atomic E-state index is 0.0198. The van der Waals surface area contributed by atoms with Crippen molar-refractivity contribution in [2.45, 2.75) is 0 Å². The number of benzene rings is 1. The third-order valence-corrected chi connectivity index (χ3v) is 3.59. The Kier molecular flexibility index (Phi) is 4.64. The molecule has 2 rings (SSSR count). The molecule has 5 heteroatoms. The molecule has 0 bridgehead atoms. The molecule has 1 N–H and O–H groups in total. The number of carbonyl (C=O) groups excluding carboxylic acids is 1. The predicted molar refractivity (Wildman–Crippen MR) is 77.4 cm³/mol. The largest absolute Gasteiger partial charge is 0.339 e. The average molecular weight is 286 g/mol. The molecule has 0 saturated carbocycles. The number of halogens is 1. The van der Waals surface area contributed by atoms with E-state index in [0.29, 0.717) is 5.56 Å². The van der Waals surface area contributed by atoms with Crippen LogP contribution in [-0.2, 0) is 4.79 Å². The van der Waals surface area contributed by atoms with Gasteiger partial charge in [-0.3, -0.25) is 4.79 Å². The lowest BCUT2D eigenvalue weighted by Gasteiger charge is -1.97.